The number of carbonyl (C=O) groups excluding carboxylic acids is 1. The molecule has 2 heterocycles. The molecule has 1 saturated heterocycles. The molecule has 0 aliphatic carbocycles. The Balaban J connectivity index is 0.00000220. The van der Waals surface area contributed by atoms with Crippen LogP contribution < -0.4 is 5.73 Å². The number of hydrogen-bond donors (Lipinski definition) is 1. The monoisotopic (exact) mass is 359 g/mol. The molecule has 1 aliphatic heterocycles. The molecule has 1 aromatic heterocycles. The molecule has 22 heavy (non-hydrogen) atoms. The fourth-order valence-electron chi connectivity index (χ4n) is 2.27. The third-order valence-corrected chi connectivity index (χ3v) is 3.56. The van der Waals surface area contributed by atoms with Gasteiger partial charge in [0.05, 0.1) is 5.56 Å². The molecule has 0 bridgehead atoms. The van der Waals surface area contributed by atoms with Crippen LogP contribution in [-0.2, 0) is 6.18 Å². The Hall–Kier alpha value is -1.05. The number of aromatic nitrogens is 1. The van der Waals surface area contributed by atoms with Crippen molar-refractivity contribution in [2.45, 2.75) is 25.6 Å². The van der Waals surface area contributed by atoms with Crippen molar-refractivity contribution in [2.75, 3.05) is 13.1 Å². The van der Waals surface area contributed by atoms with Crippen LogP contribution in [0.2, 0.25) is 0 Å². The summed E-state index contributed by atoms with van der Waals surface area (Å²) in [6, 6.07) is 1.99. The molecule has 0 aromatic carbocycles. The molecule has 1 aliphatic rings. The normalized spacial score (nSPS) is 19.1. The second kappa shape index (κ2) is 7.99. The van der Waals surface area contributed by atoms with Crippen LogP contribution in [0.15, 0.2) is 18.3 Å². The van der Waals surface area contributed by atoms with Crippen LogP contribution in [0.5, 0.6) is 0 Å². The first-order valence-corrected chi connectivity index (χ1v) is 6.37. The molecule has 4 nitrogen and oxygen atoms in total. The van der Waals surface area contributed by atoms with E-state index in [0.29, 0.717) is 13.1 Å². The summed E-state index contributed by atoms with van der Waals surface area (Å²) in [5.74, 6) is -0.0595. The maximum absolute atomic E-state index is 12.4. The summed E-state index contributed by atoms with van der Waals surface area (Å²) in [4.78, 5) is 17.0. The summed E-state index contributed by atoms with van der Waals surface area (Å²) < 4.78 is 37.2. The van der Waals surface area contributed by atoms with Crippen molar-refractivity contribution in [2.24, 2.45) is 11.7 Å². The number of likely N-dealkylation sites (tertiary alicyclic amines) is 1. The zero-order valence-corrected chi connectivity index (χ0v) is 13.5. The topological polar surface area (TPSA) is 59.2 Å². The van der Waals surface area contributed by atoms with E-state index < -0.39 is 11.9 Å². The van der Waals surface area contributed by atoms with Crippen LogP contribution in [0.25, 0.3) is 0 Å². The number of rotatable bonds is 2. The van der Waals surface area contributed by atoms with E-state index >= 15 is 0 Å². The van der Waals surface area contributed by atoms with Gasteiger partial charge in [-0.2, -0.15) is 13.2 Å². The SMILES string of the molecule is CC(N)C1CCN(C(=O)c2ccc(C(F)(F)F)nc2)C1.Cl.Cl. The Morgan fingerprint density at radius 3 is 2.45 bits per heavy atom. The Morgan fingerprint density at radius 1 is 1.41 bits per heavy atom. The summed E-state index contributed by atoms with van der Waals surface area (Å²) in [6.45, 7) is 3.00. The van der Waals surface area contributed by atoms with Crippen LogP contribution in [0, 0.1) is 5.92 Å². The fourth-order valence-corrected chi connectivity index (χ4v) is 2.27. The van der Waals surface area contributed by atoms with E-state index in [4.69, 9.17) is 5.73 Å². The van der Waals surface area contributed by atoms with Gasteiger partial charge in [0, 0.05) is 25.3 Å². The number of halogens is 5. The molecule has 1 fully saturated rings. The van der Waals surface area contributed by atoms with E-state index in [1.165, 1.54) is 0 Å². The van der Waals surface area contributed by atoms with Crippen molar-refractivity contribution in [3.8, 4) is 0 Å². The van der Waals surface area contributed by atoms with Crippen LogP contribution in [0.3, 0.4) is 0 Å². The Labute approximate surface area is 139 Å². The second-order valence-electron chi connectivity index (χ2n) is 5.09. The molecule has 1 aromatic rings. The number of nitrogens with zero attached hydrogens (tertiary/aromatic N) is 2. The number of alkyl halides is 3. The van der Waals surface area contributed by atoms with E-state index in [-0.39, 0.29) is 48.2 Å². The lowest BCUT2D eigenvalue weighted by Gasteiger charge is -2.18. The molecule has 2 unspecified atom stereocenters. The minimum Gasteiger partial charge on any atom is -0.338 e. The smallest absolute Gasteiger partial charge is 0.338 e. The quantitative estimate of drug-likeness (QED) is 0.882. The predicted octanol–water partition coefficient (Wildman–Crippen LogP) is 2.75. The van der Waals surface area contributed by atoms with Crippen LogP contribution in [0.4, 0.5) is 13.2 Å². The number of nitrogens with two attached hydrogens (primary N) is 1. The minimum absolute atomic E-state index is 0. The highest BCUT2D eigenvalue weighted by atomic mass is 35.5. The van der Waals surface area contributed by atoms with Gasteiger partial charge < -0.3 is 10.6 Å². The van der Waals surface area contributed by atoms with E-state index in [0.717, 1.165) is 24.8 Å². The van der Waals surface area contributed by atoms with Crippen molar-refractivity contribution >= 4 is 30.7 Å². The maximum atomic E-state index is 12.4. The highest BCUT2D eigenvalue weighted by Crippen LogP contribution is 2.27. The van der Waals surface area contributed by atoms with Crippen molar-refractivity contribution < 1.29 is 18.0 Å². The van der Waals surface area contributed by atoms with E-state index in [1.54, 1.807) is 4.90 Å². The van der Waals surface area contributed by atoms with Gasteiger partial charge in [0.1, 0.15) is 5.69 Å². The number of carbonyl (C=O) groups is 1. The lowest BCUT2D eigenvalue weighted by molar-refractivity contribution is -0.141. The lowest BCUT2D eigenvalue weighted by atomic mass is 10.0. The summed E-state index contributed by atoms with van der Waals surface area (Å²) in [5.41, 5.74) is 4.96. The van der Waals surface area contributed by atoms with Crippen molar-refractivity contribution in [1.29, 1.82) is 0 Å². The first-order valence-electron chi connectivity index (χ1n) is 6.37. The van der Waals surface area contributed by atoms with Gasteiger partial charge in [0.2, 0.25) is 0 Å². The van der Waals surface area contributed by atoms with Gasteiger partial charge in [-0.05, 0) is 31.4 Å². The van der Waals surface area contributed by atoms with Gasteiger partial charge in [-0.3, -0.25) is 9.78 Å². The molecular formula is C13H18Cl2F3N3O. The predicted molar refractivity (Wildman–Crippen MR) is 81.4 cm³/mol. The average Bonchev–Trinajstić information content (AvgIpc) is 2.86. The maximum Gasteiger partial charge on any atom is 0.433 e. The Kier molecular flexibility index (Phi) is 7.61. The standard InChI is InChI=1S/C13H16F3N3O.2ClH/c1-8(17)10-4-5-19(7-10)12(20)9-2-3-11(18-6-9)13(14,15)16;;/h2-3,6,8,10H,4-5,7,17H2,1H3;2*1H. The molecule has 0 spiro atoms. The van der Waals surface area contributed by atoms with Crippen LogP contribution >= 0.6 is 24.8 Å². The molecule has 0 radical (unpaired) electrons. The lowest BCUT2D eigenvalue weighted by Crippen LogP contribution is -2.33. The first kappa shape index (κ1) is 20.9. The van der Waals surface area contributed by atoms with Crippen molar-refractivity contribution in [3.05, 3.63) is 29.6 Å². The molecule has 9 heteroatoms. The van der Waals surface area contributed by atoms with E-state index in [1.807, 2.05) is 6.92 Å². The van der Waals surface area contributed by atoms with Gasteiger partial charge >= 0.3 is 6.18 Å². The molecule has 2 atom stereocenters. The Morgan fingerprint density at radius 2 is 2.05 bits per heavy atom. The second-order valence-corrected chi connectivity index (χ2v) is 5.09. The summed E-state index contributed by atoms with van der Waals surface area (Å²) >= 11 is 0. The summed E-state index contributed by atoms with van der Waals surface area (Å²) in [7, 11) is 0. The zero-order chi connectivity index (χ0) is 14.9. The molecule has 2 rings (SSSR count). The highest BCUT2D eigenvalue weighted by molar-refractivity contribution is 5.94. The number of hydrogen-bond acceptors (Lipinski definition) is 3. The summed E-state index contributed by atoms with van der Waals surface area (Å²) in [6.07, 6.45) is -2.70. The average molecular weight is 360 g/mol. The highest BCUT2D eigenvalue weighted by Gasteiger charge is 2.33. The van der Waals surface area contributed by atoms with E-state index in [9.17, 15) is 18.0 Å². The number of amides is 1. The molecule has 126 valence electrons. The largest absolute Gasteiger partial charge is 0.433 e. The van der Waals surface area contributed by atoms with Crippen molar-refractivity contribution in [3.63, 3.8) is 0 Å². The van der Waals surface area contributed by atoms with Crippen molar-refractivity contribution in [1.82, 2.24) is 9.88 Å². The van der Waals surface area contributed by atoms with Gasteiger partial charge in [-0.1, -0.05) is 0 Å². The third-order valence-electron chi connectivity index (χ3n) is 3.56. The van der Waals surface area contributed by atoms with Gasteiger partial charge in [0.25, 0.3) is 5.91 Å². The molecule has 1 amide bonds. The first-order chi connectivity index (χ1) is 9.29. The number of pyridine rings is 1. The Bertz CT molecular complexity index is 494. The van der Waals surface area contributed by atoms with Crippen LogP contribution in [-0.4, -0.2) is 34.9 Å². The molecule has 2 N–H and O–H groups in total. The molecule has 0 saturated carbocycles. The van der Waals surface area contributed by atoms with Gasteiger partial charge in [-0.15, -0.1) is 24.8 Å². The van der Waals surface area contributed by atoms with Gasteiger partial charge in [-0.25, -0.2) is 0 Å². The molecular weight excluding hydrogens is 342 g/mol. The van der Waals surface area contributed by atoms with Gasteiger partial charge in [0.15, 0.2) is 0 Å². The van der Waals surface area contributed by atoms with Crippen LogP contribution in [0.1, 0.15) is 29.4 Å². The summed E-state index contributed by atoms with van der Waals surface area (Å²) in [5, 5.41) is 0. The zero-order valence-electron chi connectivity index (χ0n) is 11.8. The minimum atomic E-state index is -4.49. The fraction of sp³-hybridized carbons (Fsp3) is 0.538. The third kappa shape index (κ3) is 4.72. The van der Waals surface area contributed by atoms with E-state index in [2.05, 4.69) is 4.98 Å².